The van der Waals surface area contributed by atoms with Crippen LogP contribution in [0, 0.1) is 0 Å². The van der Waals surface area contributed by atoms with Crippen LogP contribution in [-0.4, -0.2) is 22.4 Å². The highest BCUT2D eigenvalue weighted by molar-refractivity contribution is 7.09. The molecule has 2 N–H and O–H groups in total. The summed E-state index contributed by atoms with van der Waals surface area (Å²) in [6.07, 6.45) is 4.22. The number of rotatable bonds is 5. The third-order valence-electron chi connectivity index (χ3n) is 2.65. The zero-order valence-electron chi connectivity index (χ0n) is 10.6. The van der Waals surface area contributed by atoms with Gasteiger partial charge < -0.3 is 10.3 Å². The van der Waals surface area contributed by atoms with E-state index in [0.29, 0.717) is 18.0 Å². The summed E-state index contributed by atoms with van der Waals surface area (Å²) >= 11 is 1.66. The molecule has 2 aromatic heterocycles. The van der Waals surface area contributed by atoms with E-state index in [9.17, 15) is 4.79 Å². The van der Waals surface area contributed by atoms with Crippen molar-refractivity contribution in [2.24, 2.45) is 0 Å². The Balaban J connectivity index is 1.79. The van der Waals surface area contributed by atoms with Crippen LogP contribution in [0.5, 0.6) is 0 Å². The highest BCUT2D eigenvalue weighted by Crippen LogP contribution is 2.17. The van der Waals surface area contributed by atoms with Crippen molar-refractivity contribution in [1.82, 2.24) is 15.3 Å². The number of nitrogens with zero attached hydrogens (tertiary/aromatic N) is 1. The van der Waals surface area contributed by atoms with Crippen molar-refractivity contribution in [3.8, 4) is 0 Å². The predicted molar refractivity (Wildman–Crippen MR) is 73.0 cm³/mol. The van der Waals surface area contributed by atoms with Crippen molar-refractivity contribution in [2.45, 2.75) is 26.2 Å². The fourth-order valence-electron chi connectivity index (χ4n) is 1.56. The highest BCUT2D eigenvalue weighted by atomic mass is 32.1. The summed E-state index contributed by atoms with van der Waals surface area (Å²) in [6.45, 7) is 4.88. The highest BCUT2D eigenvalue weighted by Gasteiger charge is 2.07. The lowest BCUT2D eigenvalue weighted by molar-refractivity contribution is 0.0954. The van der Waals surface area contributed by atoms with Gasteiger partial charge in [-0.2, -0.15) is 0 Å². The number of nitrogens with one attached hydrogen (secondary N) is 2. The van der Waals surface area contributed by atoms with Gasteiger partial charge in [0.05, 0.1) is 16.3 Å². The molecule has 0 saturated carbocycles. The van der Waals surface area contributed by atoms with Crippen LogP contribution in [-0.2, 0) is 6.42 Å². The molecular weight excluding hydrogens is 246 g/mol. The lowest BCUT2D eigenvalue weighted by atomic mass is 10.2. The fourth-order valence-corrected chi connectivity index (χ4v) is 2.51. The number of hydrogen-bond donors (Lipinski definition) is 2. The van der Waals surface area contributed by atoms with Crippen molar-refractivity contribution < 1.29 is 4.79 Å². The number of carbonyl (C=O) groups excluding carboxylic acids is 1. The van der Waals surface area contributed by atoms with Crippen LogP contribution in [0.25, 0.3) is 0 Å². The maximum atomic E-state index is 11.7. The van der Waals surface area contributed by atoms with Crippen LogP contribution in [0.2, 0.25) is 0 Å². The molecule has 96 valence electrons. The van der Waals surface area contributed by atoms with Crippen LogP contribution in [0.15, 0.2) is 23.8 Å². The average molecular weight is 263 g/mol. The molecular formula is C13H17N3OS. The molecule has 4 nitrogen and oxygen atoms in total. The Bertz CT molecular complexity index is 502. The SMILES string of the molecule is CC(C)c1csc(CCNC(=O)c2cc[nH]c2)n1. The molecule has 0 aliphatic rings. The fraction of sp³-hybridized carbons (Fsp3) is 0.385. The minimum Gasteiger partial charge on any atom is -0.367 e. The molecule has 0 radical (unpaired) electrons. The van der Waals surface area contributed by atoms with Gasteiger partial charge in [0.2, 0.25) is 0 Å². The summed E-state index contributed by atoms with van der Waals surface area (Å²) in [5, 5.41) is 6.05. The normalized spacial score (nSPS) is 10.8. The number of H-pyrrole nitrogens is 1. The van der Waals surface area contributed by atoms with E-state index in [1.165, 1.54) is 0 Å². The van der Waals surface area contributed by atoms with Gasteiger partial charge in [0, 0.05) is 30.7 Å². The molecule has 0 fully saturated rings. The molecule has 2 heterocycles. The molecule has 0 spiro atoms. The third kappa shape index (κ3) is 3.20. The second-order valence-corrected chi connectivity index (χ2v) is 5.37. The largest absolute Gasteiger partial charge is 0.367 e. The molecule has 0 atom stereocenters. The number of thiazole rings is 1. The molecule has 0 aliphatic carbocycles. The van der Waals surface area contributed by atoms with Gasteiger partial charge in [-0.1, -0.05) is 13.8 Å². The molecule has 2 aromatic rings. The number of amides is 1. The van der Waals surface area contributed by atoms with Gasteiger partial charge in [0.1, 0.15) is 0 Å². The smallest absolute Gasteiger partial charge is 0.252 e. The third-order valence-corrected chi connectivity index (χ3v) is 3.57. The minimum atomic E-state index is -0.0445. The number of carbonyl (C=O) groups is 1. The predicted octanol–water partition coefficient (Wildman–Crippen LogP) is 2.57. The molecule has 0 bridgehead atoms. The van der Waals surface area contributed by atoms with E-state index >= 15 is 0 Å². The lowest BCUT2D eigenvalue weighted by Crippen LogP contribution is -2.25. The topological polar surface area (TPSA) is 57.8 Å². The zero-order chi connectivity index (χ0) is 13.0. The van der Waals surface area contributed by atoms with Crippen molar-refractivity contribution in [2.75, 3.05) is 6.54 Å². The molecule has 0 aromatic carbocycles. The van der Waals surface area contributed by atoms with Gasteiger partial charge in [-0.05, 0) is 12.0 Å². The molecule has 1 amide bonds. The van der Waals surface area contributed by atoms with Gasteiger partial charge in [-0.15, -0.1) is 11.3 Å². The van der Waals surface area contributed by atoms with Gasteiger partial charge in [0.25, 0.3) is 5.91 Å². The molecule has 0 unspecified atom stereocenters. The Hall–Kier alpha value is -1.62. The van der Waals surface area contributed by atoms with Gasteiger partial charge in [-0.25, -0.2) is 4.98 Å². The second kappa shape index (κ2) is 5.82. The number of aromatic nitrogens is 2. The first-order chi connectivity index (χ1) is 8.66. The average Bonchev–Trinajstić information content (AvgIpc) is 3.00. The minimum absolute atomic E-state index is 0.0445. The standard InChI is InChI=1S/C13H17N3OS/c1-9(2)11-8-18-12(16-11)4-6-15-13(17)10-3-5-14-7-10/h3,5,7-9,14H,4,6H2,1-2H3,(H,15,17). The Morgan fingerprint density at radius 1 is 1.56 bits per heavy atom. The maximum absolute atomic E-state index is 11.7. The van der Waals surface area contributed by atoms with E-state index < -0.39 is 0 Å². The van der Waals surface area contributed by atoms with Gasteiger partial charge in [0.15, 0.2) is 0 Å². The van der Waals surface area contributed by atoms with Crippen LogP contribution in [0.1, 0.15) is 40.8 Å². The van der Waals surface area contributed by atoms with Crippen LogP contribution >= 0.6 is 11.3 Å². The number of hydrogen-bond acceptors (Lipinski definition) is 3. The maximum Gasteiger partial charge on any atom is 0.252 e. The summed E-state index contributed by atoms with van der Waals surface area (Å²) in [5.41, 5.74) is 1.80. The zero-order valence-corrected chi connectivity index (χ0v) is 11.4. The van der Waals surface area contributed by atoms with E-state index in [-0.39, 0.29) is 5.91 Å². The van der Waals surface area contributed by atoms with Crippen molar-refractivity contribution in [1.29, 1.82) is 0 Å². The summed E-state index contributed by atoms with van der Waals surface area (Å²) in [6, 6.07) is 1.76. The van der Waals surface area contributed by atoms with Crippen molar-refractivity contribution >= 4 is 17.2 Å². The van der Waals surface area contributed by atoms with E-state index in [0.717, 1.165) is 17.1 Å². The van der Waals surface area contributed by atoms with Gasteiger partial charge in [-0.3, -0.25) is 4.79 Å². The van der Waals surface area contributed by atoms with Crippen LogP contribution in [0.4, 0.5) is 0 Å². The molecule has 18 heavy (non-hydrogen) atoms. The quantitative estimate of drug-likeness (QED) is 0.871. The summed E-state index contributed by atoms with van der Waals surface area (Å²) < 4.78 is 0. The Morgan fingerprint density at radius 3 is 3.00 bits per heavy atom. The molecule has 0 aliphatic heterocycles. The summed E-state index contributed by atoms with van der Waals surface area (Å²) in [7, 11) is 0. The molecule has 5 heteroatoms. The van der Waals surface area contributed by atoms with Crippen molar-refractivity contribution in [3.05, 3.63) is 40.1 Å². The monoisotopic (exact) mass is 263 g/mol. The summed E-state index contributed by atoms with van der Waals surface area (Å²) in [4.78, 5) is 19.1. The van der Waals surface area contributed by atoms with E-state index in [1.807, 2.05) is 0 Å². The first kappa shape index (κ1) is 12.8. The lowest BCUT2D eigenvalue weighted by Gasteiger charge is -2.01. The van der Waals surface area contributed by atoms with Crippen LogP contribution in [0.3, 0.4) is 0 Å². The van der Waals surface area contributed by atoms with E-state index in [2.05, 4.69) is 34.5 Å². The Morgan fingerprint density at radius 2 is 2.39 bits per heavy atom. The number of aromatic amines is 1. The van der Waals surface area contributed by atoms with E-state index in [4.69, 9.17) is 0 Å². The Kier molecular flexibility index (Phi) is 4.15. The first-order valence-electron chi connectivity index (χ1n) is 6.02. The second-order valence-electron chi connectivity index (χ2n) is 4.43. The summed E-state index contributed by atoms with van der Waals surface area (Å²) in [5.74, 6) is 0.418. The first-order valence-corrected chi connectivity index (χ1v) is 6.90. The van der Waals surface area contributed by atoms with Crippen molar-refractivity contribution in [3.63, 3.8) is 0 Å². The van der Waals surface area contributed by atoms with Crippen LogP contribution < -0.4 is 5.32 Å². The molecule has 2 rings (SSSR count). The van der Waals surface area contributed by atoms with Gasteiger partial charge >= 0.3 is 0 Å². The molecule has 0 saturated heterocycles. The van der Waals surface area contributed by atoms with E-state index in [1.54, 1.807) is 29.8 Å². The Labute approximate surface area is 110 Å².